The lowest BCUT2D eigenvalue weighted by atomic mass is 9.89. The van der Waals surface area contributed by atoms with Crippen molar-refractivity contribution in [2.24, 2.45) is 5.92 Å². The first kappa shape index (κ1) is 17.7. The first-order valence-electron chi connectivity index (χ1n) is 9.42. The van der Waals surface area contributed by atoms with Gasteiger partial charge in [0, 0.05) is 30.2 Å². The summed E-state index contributed by atoms with van der Waals surface area (Å²) in [5.74, 6) is 0.481. The van der Waals surface area contributed by atoms with E-state index in [-0.39, 0.29) is 11.8 Å². The first-order chi connectivity index (χ1) is 13.0. The van der Waals surface area contributed by atoms with Gasteiger partial charge >= 0.3 is 0 Å². The van der Waals surface area contributed by atoms with E-state index in [1.165, 1.54) is 0 Å². The number of fused-ring (bicyclic) bond motifs is 1. The molecule has 1 fully saturated rings. The van der Waals surface area contributed by atoms with E-state index >= 15 is 0 Å². The van der Waals surface area contributed by atoms with Gasteiger partial charge in [0.25, 0.3) is 5.91 Å². The molecule has 1 N–H and O–H groups in total. The number of benzene rings is 1. The van der Waals surface area contributed by atoms with Crippen molar-refractivity contribution in [3.05, 3.63) is 65.2 Å². The number of hydrogen-bond acceptors (Lipinski definition) is 4. The largest absolute Gasteiger partial charge is 0.451 e. The number of pyridine rings is 1. The number of furan rings is 1. The molecule has 4 rings (SSSR count). The number of aryl methyl sites for hydroxylation is 2. The fraction of sp³-hybridized carbons (Fsp3) is 0.364. The molecule has 3 aromatic rings. The van der Waals surface area contributed by atoms with Crippen LogP contribution in [0, 0.1) is 19.8 Å². The Labute approximate surface area is 158 Å². The number of aliphatic hydroxyl groups is 1. The SMILES string of the molecule is Cc1ccc2c(C)c(C(=O)N3CCC(C(O)c4ccccn4)CC3)oc2c1. The highest BCUT2D eigenvalue weighted by molar-refractivity contribution is 5.99. The Bertz CT molecular complexity index is 956. The van der Waals surface area contributed by atoms with Crippen molar-refractivity contribution in [1.29, 1.82) is 0 Å². The maximum absolute atomic E-state index is 13.0. The standard InChI is InChI=1S/C22H24N2O3/c1-14-6-7-17-15(2)21(27-19(17)13-14)22(26)24-11-8-16(9-12-24)20(25)18-5-3-4-10-23-18/h3-7,10,13,16,20,25H,8-9,11-12H2,1-2H3. The lowest BCUT2D eigenvalue weighted by Crippen LogP contribution is -2.40. The fourth-order valence-corrected chi connectivity index (χ4v) is 3.89. The molecule has 0 spiro atoms. The van der Waals surface area contributed by atoms with Gasteiger partial charge in [-0.15, -0.1) is 0 Å². The van der Waals surface area contributed by atoms with Gasteiger partial charge < -0.3 is 14.4 Å². The zero-order chi connectivity index (χ0) is 19.0. The molecule has 3 heterocycles. The van der Waals surface area contributed by atoms with E-state index in [1.807, 2.05) is 55.1 Å². The van der Waals surface area contributed by atoms with Gasteiger partial charge in [-0.3, -0.25) is 9.78 Å². The quantitative estimate of drug-likeness (QED) is 0.762. The molecule has 1 unspecified atom stereocenters. The predicted molar refractivity (Wildman–Crippen MR) is 104 cm³/mol. The van der Waals surface area contributed by atoms with Crippen LogP contribution in [0.2, 0.25) is 0 Å². The number of nitrogens with zero attached hydrogens (tertiary/aromatic N) is 2. The van der Waals surface area contributed by atoms with E-state index in [2.05, 4.69) is 4.98 Å². The third-order valence-corrected chi connectivity index (χ3v) is 5.55. The molecule has 27 heavy (non-hydrogen) atoms. The second-order valence-electron chi connectivity index (χ2n) is 7.38. The fourth-order valence-electron chi connectivity index (χ4n) is 3.89. The van der Waals surface area contributed by atoms with Crippen LogP contribution in [0.3, 0.4) is 0 Å². The number of likely N-dealkylation sites (tertiary alicyclic amines) is 1. The van der Waals surface area contributed by atoms with Gasteiger partial charge in [0.1, 0.15) is 5.58 Å². The molecule has 140 valence electrons. The van der Waals surface area contributed by atoms with E-state index < -0.39 is 6.10 Å². The number of piperidine rings is 1. The van der Waals surface area contributed by atoms with E-state index in [9.17, 15) is 9.90 Å². The van der Waals surface area contributed by atoms with Crippen LogP contribution in [0.25, 0.3) is 11.0 Å². The van der Waals surface area contributed by atoms with Crippen LogP contribution < -0.4 is 0 Å². The summed E-state index contributed by atoms with van der Waals surface area (Å²) in [7, 11) is 0. The number of hydrogen-bond donors (Lipinski definition) is 1. The maximum atomic E-state index is 13.0. The second-order valence-corrected chi connectivity index (χ2v) is 7.38. The van der Waals surface area contributed by atoms with Crippen LogP contribution in [0.1, 0.15) is 46.3 Å². The lowest BCUT2D eigenvalue weighted by Gasteiger charge is -2.33. The molecule has 0 bridgehead atoms. The Kier molecular flexibility index (Phi) is 4.70. The summed E-state index contributed by atoms with van der Waals surface area (Å²) >= 11 is 0. The van der Waals surface area contributed by atoms with E-state index in [0.29, 0.717) is 24.5 Å². The maximum Gasteiger partial charge on any atom is 0.289 e. The zero-order valence-corrected chi connectivity index (χ0v) is 15.7. The van der Waals surface area contributed by atoms with Gasteiger partial charge in [0.15, 0.2) is 5.76 Å². The van der Waals surface area contributed by atoms with Crippen LogP contribution >= 0.6 is 0 Å². The van der Waals surface area contributed by atoms with Crippen molar-refractivity contribution in [3.8, 4) is 0 Å². The molecule has 5 heteroatoms. The average Bonchev–Trinajstić information content (AvgIpc) is 3.03. The van der Waals surface area contributed by atoms with Crippen molar-refractivity contribution in [1.82, 2.24) is 9.88 Å². The van der Waals surface area contributed by atoms with Crippen molar-refractivity contribution in [2.45, 2.75) is 32.8 Å². The highest BCUT2D eigenvalue weighted by Crippen LogP contribution is 2.32. The molecule has 5 nitrogen and oxygen atoms in total. The second kappa shape index (κ2) is 7.16. The normalized spacial score (nSPS) is 16.6. The highest BCUT2D eigenvalue weighted by Gasteiger charge is 2.31. The third-order valence-electron chi connectivity index (χ3n) is 5.55. The first-order valence-corrected chi connectivity index (χ1v) is 9.42. The zero-order valence-electron chi connectivity index (χ0n) is 15.7. The molecular weight excluding hydrogens is 340 g/mol. The summed E-state index contributed by atoms with van der Waals surface area (Å²) in [5, 5.41) is 11.6. The molecule has 2 aromatic heterocycles. The summed E-state index contributed by atoms with van der Waals surface area (Å²) in [6, 6.07) is 11.6. The Hall–Kier alpha value is -2.66. The van der Waals surface area contributed by atoms with Crippen LogP contribution in [0.4, 0.5) is 0 Å². The minimum Gasteiger partial charge on any atom is -0.451 e. The smallest absolute Gasteiger partial charge is 0.289 e. The average molecular weight is 364 g/mol. The Morgan fingerprint density at radius 1 is 1.22 bits per heavy atom. The Morgan fingerprint density at radius 3 is 2.70 bits per heavy atom. The minimum absolute atomic E-state index is 0.0628. The highest BCUT2D eigenvalue weighted by atomic mass is 16.3. The van der Waals surface area contributed by atoms with Gasteiger partial charge in [0.05, 0.1) is 11.8 Å². The number of amides is 1. The predicted octanol–water partition coefficient (Wildman–Crippen LogP) is 4.03. The van der Waals surface area contributed by atoms with E-state index in [1.54, 1.807) is 6.20 Å². The number of carbonyl (C=O) groups is 1. The van der Waals surface area contributed by atoms with E-state index in [0.717, 1.165) is 34.9 Å². The molecule has 0 aliphatic carbocycles. The molecule has 0 saturated carbocycles. The van der Waals surface area contributed by atoms with E-state index in [4.69, 9.17) is 4.42 Å². The van der Waals surface area contributed by atoms with Gasteiger partial charge in [0.2, 0.25) is 0 Å². The molecule has 1 saturated heterocycles. The minimum atomic E-state index is -0.584. The Balaban J connectivity index is 1.47. The molecule has 1 aliphatic heterocycles. The number of carbonyl (C=O) groups excluding carboxylic acids is 1. The van der Waals surface area contributed by atoms with Crippen molar-refractivity contribution < 1.29 is 14.3 Å². The summed E-state index contributed by atoms with van der Waals surface area (Å²) in [5.41, 5.74) is 3.47. The van der Waals surface area contributed by atoms with Crippen LogP contribution in [-0.4, -0.2) is 34.0 Å². The van der Waals surface area contributed by atoms with Crippen LogP contribution in [0.5, 0.6) is 0 Å². The molecule has 1 atom stereocenters. The molecule has 1 amide bonds. The van der Waals surface area contributed by atoms with Gasteiger partial charge in [-0.25, -0.2) is 0 Å². The third kappa shape index (κ3) is 3.35. The lowest BCUT2D eigenvalue weighted by molar-refractivity contribution is 0.0429. The molecular formula is C22H24N2O3. The van der Waals surface area contributed by atoms with Crippen molar-refractivity contribution >= 4 is 16.9 Å². The molecule has 1 aliphatic rings. The van der Waals surface area contributed by atoms with Gasteiger partial charge in [-0.2, -0.15) is 0 Å². The summed E-state index contributed by atoms with van der Waals surface area (Å²) in [6.07, 6.45) is 2.62. The van der Waals surface area contributed by atoms with Crippen molar-refractivity contribution in [3.63, 3.8) is 0 Å². The number of aliphatic hydroxyl groups excluding tert-OH is 1. The van der Waals surface area contributed by atoms with Gasteiger partial charge in [-0.05, 0) is 56.4 Å². The molecule has 1 aromatic carbocycles. The topological polar surface area (TPSA) is 66.6 Å². The Morgan fingerprint density at radius 2 is 2.00 bits per heavy atom. The van der Waals surface area contributed by atoms with Crippen molar-refractivity contribution in [2.75, 3.05) is 13.1 Å². The van der Waals surface area contributed by atoms with Crippen LogP contribution in [-0.2, 0) is 0 Å². The number of aromatic nitrogens is 1. The monoisotopic (exact) mass is 364 g/mol. The summed E-state index contributed by atoms with van der Waals surface area (Å²) in [6.45, 7) is 5.17. The number of rotatable bonds is 3. The summed E-state index contributed by atoms with van der Waals surface area (Å²) in [4.78, 5) is 19.1. The summed E-state index contributed by atoms with van der Waals surface area (Å²) < 4.78 is 5.89. The van der Waals surface area contributed by atoms with Gasteiger partial charge in [-0.1, -0.05) is 18.2 Å². The molecule has 0 radical (unpaired) electrons. The van der Waals surface area contributed by atoms with Crippen LogP contribution in [0.15, 0.2) is 47.0 Å².